The smallest absolute Gasteiger partial charge is 0.224 e. The molecular weight excluding hydrogens is 246 g/mol. The molecule has 0 amide bonds. The third-order valence-corrected chi connectivity index (χ3v) is 2.91. The summed E-state index contributed by atoms with van der Waals surface area (Å²) < 4.78 is 0. The number of hydrogen-bond donors (Lipinski definition) is 1. The van der Waals surface area contributed by atoms with Crippen LogP contribution in [-0.2, 0) is 6.42 Å². The van der Waals surface area contributed by atoms with Gasteiger partial charge in [0, 0.05) is 18.3 Å². The zero-order chi connectivity index (χ0) is 13.0. The molecular formula is C14H16ClN3. The third kappa shape index (κ3) is 3.44. The van der Waals surface area contributed by atoms with Crippen LogP contribution >= 0.6 is 11.6 Å². The van der Waals surface area contributed by atoms with Gasteiger partial charge in [-0.2, -0.15) is 0 Å². The first-order valence-electron chi connectivity index (χ1n) is 5.94. The van der Waals surface area contributed by atoms with Crippen molar-refractivity contribution >= 4 is 17.4 Å². The van der Waals surface area contributed by atoms with E-state index in [2.05, 4.69) is 46.5 Å². The summed E-state index contributed by atoms with van der Waals surface area (Å²) in [6.07, 6.45) is 2.69. The standard InChI is InChI=1S/C14H16ClN3/c1-10-4-3-5-12(8-10)6-7-16-13-11(2)9-17-14(15)18-13/h3-5,8-9H,6-7H2,1-2H3,(H,16,17,18). The van der Waals surface area contributed by atoms with Crippen LogP contribution in [0, 0.1) is 13.8 Å². The quantitative estimate of drug-likeness (QED) is 0.858. The SMILES string of the molecule is Cc1cccc(CCNc2nc(Cl)ncc2C)c1. The Morgan fingerprint density at radius 2 is 2.11 bits per heavy atom. The van der Waals surface area contributed by atoms with Gasteiger partial charge in [-0.15, -0.1) is 0 Å². The first-order valence-corrected chi connectivity index (χ1v) is 6.31. The molecule has 0 spiro atoms. The second-order valence-corrected chi connectivity index (χ2v) is 4.67. The Bertz CT molecular complexity index is 540. The zero-order valence-corrected chi connectivity index (χ0v) is 11.3. The van der Waals surface area contributed by atoms with Gasteiger partial charge < -0.3 is 5.32 Å². The van der Waals surface area contributed by atoms with E-state index < -0.39 is 0 Å². The summed E-state index contributed by atoms with van der Waals surface area (Å²) >= 11 is 5.77. The number of nitrogens with zero attached hydrogens (tertiary/aromatic N) is 2. The molecule has 2 aromatic rings. The molecule has 3 nitrogen and oxygen atoms in total. The number of aromatic nitrogens is 2. The number of anilines is 1. The van der Waals surface area contributed by atoms with E-state index in [0.29, 0.717) is 0 Å². The summed E-state index contributed by atoms with van der Waals surface area (Å²) in [6.45, 7) is 4.90. The Morgan fingerprint density at radius 3 is 2.89 bits per heavy atom. The van der Waals surface area contributed by atoms with Crippen LogP contribution in [0.15, 0.2) is 30.5 Å². The summed E-state index contributed by atoms with van der Waals surface area (Å²) in [5, 5.41) is 3.56. The van der Waals surface area contributed by atoms with Crippen LogP contribution in [-0.4, -0.2) is 16.5 Å². The molecule has 0 atom stereocenters. The van der Waals surface area contributed by atoms with Gasteiger partial charge in [-0.1, -0.05) is 29.8 Å². The van der Waals surface area contributed by atoms with E-state index in [-0.39, 0.29) is 5.28 Å². The van der Waals surface area contributed by atoms with Gasteiger partial charge in [-0.25, -0.2) is 9.97 Å². The van der Waals surface area contributed by atoms with Crippen molar-refractivity contribution in [2.24, 2.45) is 0 Å². The average molecular weight is 262 g/mol. The predicted octanol–water partition coefficient (Wildman–Crippen LogP) is 3.40. The molecule has 0 aliphatic heterocycles. The van der Waals surface area contributed by atoms with E-state index in [1.807, 2.05) is 6.92 Å². The van der Waals surface area contributed by atoms with Gasteiger partial charge >= 0.3 is 0 Å². The second-order valence-electron chi connectivity index (χ2n) is 4.34. The number of hydrogen-bond acceptors (Lipinski definition) is 3. The lowest BCUT2D eigenvalue weighted by molar-refractivity contribution is 0.989. The van der Waals surface area contributed by atoms with Crippen molar-refractivity contribution < 1.29 is 0 Å². The summed E-state index contributed by atoms with van der Waals surface area (Å²) in [4.78, 5) is 8.10. The highest BCUT2D eigenvalue weighted by molar-refractivity contribution is 6.28. The lowest BCUT2D eigenvalue weighted by Gasteiger charge is -2.08. The van der Waals surface area contributed by atoms with Gasteiger partial charge in [0.15, 0.2) is 0 Å². The molecule has 1 aromatic heterocycles. The lowest BCUT2D eigenvalue weighted by Crippen LogP contribution is -2.08. The van der Waals surface area contributed by atoms with Crippen molar-refractivity contribution in [3.8, 4) is 0 Å². The van der Waals surface area contributed by atoms with Gasteiger partial charge in [0.1, 0.15) is 5.82 Å². The minimum absolute atomic E-state index is 0.277. The number of rotatable bonds is 4. The van der Waals surface area contributed by atoms with E-state index in [4.69, 9.17) is 11.6 Å². The van der Waals surface area contributed by atoms with Crippen molar-refractivity contribution in [3.63, 3.8) is 0 Å². The molecule has 1 heterocycles. The molecule has 0 aliphatic rings. The summed E-state index contributed by atoms with van der Waals surface area (Å²) in [5.74, 6) is 0.808. The average Bonchev–Trinajstić information content (AvgIpc) is 2.34. The van der Waals surface area contributed by atoms with Crippen LogP contribution in [0.5, 0.6) is 0 Å². The van der Waals surface area contributed by atoms with Crippen LogP contribution in [0.2, 0.25) is 5.28 Å². The fourth-order valence-corrected chi connectivity index (χ4v) is 1.93. The number of aryl methyl sites for hydroxylation is 2. The molecule has 0 bridgehead atoms. The van der Waals surface area contributed by atoms with E-state index in [9.17, 15) is 0 Å². The van der Waals surface area contributed by atoms with E-state index in [1.54, 1.807) is 6.20 Å². The van der Waals surface area contributed by atoms with Crippen LogP contribution in [0.4, 0.5) is 5.82 Å². The second kappa shape index (κ2) is 5.83. The minimum atomic E-state index is 0.277. The molecule has 0 unspecified atom stereocenters. The maximum atomic E-state index is 5.77. The number of nitrogens with one attached hydrogen (secondary N) is 1. The Morgan fingerprint density at radius 1 is 1.28 bits per heavy atom. The summed E-state index contributed by atoms with van der Waals surface area (Å²) in [6, 6.07) is 8.51. The van der Waals surface area contributed by atoms with Crippen LogP contribution in [0.1, 0.15) is 16.7 Å². The minimum Gasteiger partial charge on any atom is -0.369 e. The highest BCUT2D eigenvalue weighted by Crippen LogP contribution is 2.13. The molecule has 0 saturated heterocycles. The fourth-order valence-electron chi connectivity index (χ4n) is 1.79. The first kappa shape index (κ1) is 12.8. The Labute approximate surface area is 112 Å². The van der Waals surface area contributed by atoms with Gasteiger partial charge in [-0.3, -0.25) is 0 Å². The van der Waals surface area contributed by atoms with Gasteiger partial charge in [0.2, 0.25) is 5.28 Å². The molecule has 1 N–H and O–H groups in total. The molecule has 0 saturated carbocycles. The monoisotopic (exact) mass is 261 g/mol. The third-order valence-electron chi connectivity index (χ3n) is 2.73. The van der Waals surface area contributed by atoms with E-state index in [0.717, 1.165) is 24.3 Å². The van der Waals surface area contributed by atoms with Gasteiger partial charge in [0.05, 0.1) is 0 Å². The van der Waals surface area contributed by atoms with Crippen molar-refractivity contribution in [3.05, 3.63) is 52.4 Å². The van der Waals surface area contributed by atoms with Crippen molar-refractivity contribution in [1.29, 1.82) is 0 Å². The zero-order valence-electron chi connectivity index (χ0n) is 10.6. The maximum absolute atomic E-state index is 5.77. The number of benzene rings is 1. The van der Waals surface area contributed by atoms with Gasteiger partial charge in [0.25, 0.3) is 0 Å². The molecule has 18 heavy (non-hydrogen) atoms. The molecule has 4 heteroatoms. The highest BCUT2D eigenvalue weighted by Gasteiger charge is 2.01. The number of halogens is 1. The highest BCUT2D eigenvalue weighted by atomic mass is 35.5. The van der Waals surface area contributed by atoms with E-state index >= 15 is 0 Å². The van der Waals surface area contributed by atoms with Crippen molar-refractivity contribution in [1.82, 2.24) is 9.97 Å². The molecule has 0 fully saturated rings. The molecule has 0 aliphatic carbocycles. The molecule has 1 aromatic carbocycles. The van der Waals surface area contributed by atoms with Gasteiger partial charge in [-0.05, 0) is 37.4 Å². The van der Waals surface area contributed by atoms with Crippen molar-refractivity contribution in [2.75, 3.05) is 11.9 Å². The molecule has 2 rings (SSSR count). The van der Waals surface area contributed by atoms with Crippen molar-refractivity contribution in [2.45, 2.75) is 20.3 Å². The Kier molecular flexibility index (Phi) is 4.15. The van der Waals surface area contributed by atoms with Crippen LogP contribution in [0.3, 0.4) is 0 Å². The summed E-state index contributed by atoms with van der Waals surface area (Å²) in [7, 11) is 0. The van der Waals surface area contributed by atoms with E-state index in [1.165, 1.54) is 11.1 Å². The summed E-state index contributed by atoms with van der Waals surface area (Å²) in [5.41, 5.74) is 3.61. The maximum Gasteiger partial charge on any atom is 0.224 e. The van der Waals surface area contributed by atoms with Crippen LogP contribution in [0.25, 0.3) is 0 Å². The lowest BCUT2D eigenvalue weighted by atomic mass is 10.1. The Balaban J connectivity index is 1.94. The largest absolute Gasteiger partial charge is 0.369 e. The van der Waals surface area contributed by atoms with Crippen LogP contribution < -0.4 is 5.32 Å². The fraction of sp³-hybridized carbons (Fsp3) is 0.286. The molecule has 94 valence electrons. The first-order chi connectivity index (χ1) is 8.65. The normalized spacial score (nSPS) is 10.4. The topological polar surface area (TPSA) is 37.8 Å². The predicted molar refractivity (Wildman–Crippen MR) is 75.2 cm³/mol. The molecule has 0 radical (unpaired) electrons. The Hall–Kier alpha value is -1.61.